The van der Waals surface area contributed by atoms with Gasteiger partial charge in [-0.3, -0.25) is 0 Å². The van der Waals surface area contributed by atoms with E-state index in [4.69, 9.17) is 0 Å². The van der Waals surface area contributed by atoms with Crippen molar-refractivity contribution in [1.29, 1.82) is 0 Å². The molecule has 0 bridgehead atoms. The van der Waals surface area contributed by atoms with Crippen LogP contribution in [-0.2, 0) is 0 Å². The van der Waals surface area contributed by atoms with Gasteiger partial charge in [-0.25, -0.2) is 0 Å². The molecule has 3 aliphatic rings. The van der Waals surface area contributed by atoms with Crippen LogP contribution in [0.25, 0.3) is 0 Å². The monoisotopic (exact) mass is 108 g/mol. The zero-order valence-corrected chi connectivity index (χ0v) is 5.19. The maximum atomic E-state index is 1.62. The van der Waals surface area contributed by atoms with E-state index in [0.717, 1.165) is 5.41 Å². The fraction of sp³-hybridized carbons (Fsp3) is 1.00. The lowest BCUT2D eigenvalue weighted by Gasteiger charge is -2.16. The highest BCUT2D eigenvalue weighted by Crippen LogP contribution is 2.84. The molecule has 0 aliphatic heterocycles. The van der Waals surface area contributed by atoms with Gasteiger partial charge in [0.1, 0.15) is 0 Å². The van der Waals surface area contributed by atoms with Gasteiger partial charge in [-0.15, -0.1) is 0 Å². The van der Waals surface area contributed by atoms with Crippen LogP contribution in [0.3, 0.4) is 0 Å². The summed E-state index contributed by atoms with van der Waals surface area (Å²) >= 11 is 0. The first-order chi connectivity index (χ1) is 3.93. The second-order valence-electron chi connectivity index (χ2n) is 3.90. The van der Waals surface area contributed by atoms with Gasteiger partial charge in [0.05, 0.1) is 0 Å². The van der Waals surface area contributed by atoms with Crippen molar-refractivity contribution in [3.8, 4) is 0 Å². The van der Waals surface area contributed by atoms with Gasteiger partial charge < -0.3 is 0 Å². The van der Waals surface area contributed by atoms with Crippen LogP contribution in [-0.4, -0.2) is 0 Å². The van der Waals surface area contributed by atoms with Gasteiger partial charge >= 0.3 is 0 Å². The molecule has 0 aromatic rings. The molecule has 0 amide bonds. The predicted octanol–water partition coefficient (Wildman–Crippen LogP) is 2.20. The Morgan fingerprint density at radius 1 is 1.12 bits per heavy atom. The van der Waals surface area contributed by atoms with Crippen molar-refractivity contribution >= 4 is 0 Å². The molecular formula is C8H12. The van der Waals surface area contributed by atoms with Crippen LogP contribution in [0.5, 0.6) is 0 Å². The van der Waals surface area contributed by atoms with E-state index in [1.54, 1.807) is 32.1 Å². The van der Waals surface area contributed by atoms with Crippen LogP contribution in [0.4, 0.5) is 0 Å². The van der Waals surface area contributed by atoms with Crippen LogP contribution in [0, 0.1) is 17.3 Å². The molecule has 0 radical (unpaired) electrons. The SMILES string of the molecule is C1CC[C@]23CC2C3C1. The smallest absolute Gasteiger partial charge is 0.0232 e. The third-order valence-corrected chi connectivity index (χ3v) is 3.70. The van der Waals surface area contributed by atoms with E-state index in [2.05, 4.69) is 0 Å². The lowest BCUT2D eigenvalue weighted by atomic mass is 9.89. The van der Waals surface area contributed by atoms with Gasteiger partial charge in [0.2, 0.25) is 0 Å². The number of hydrogen-bond donors (Lipinski definition) is 0. The van der Waals surface area contributed by atoms with Crippen molar-refractivity contribution < 1.29 is 0 Å². The summed E-state index contributed by atoms with van der Waals surface area (Å²) in [5.41, 5.74) is 1.01. The topological polar surface area (TPSA) is 0 Å². The quantitative estimate of drug-likeness (QED) is 0.446. The number of rotatable bonds is 0. The lowest BCUT2D eigenvalue weighted by molar-refractivity contribution is 0.354. The molecule has 0 N–H and O–H groups in total. The minimum absolute atomic E-state index is 1.01. The Labute approximate surface area is 50.3 Å². The zero-order valence-electron chi connectivity index (χ0n) is 5.19. The Bertz CT molecular complexity index is 139. The van der Waals surface area contributed by atoms with E-state index in [1.165, 1.54) is 11.8 Å². The normalized spacial score (nSPS) is 66.0. The summed E-state index contributed by atoms with van der Waals surface area (Å²) in [6.45, 7) is 0. The van der Waals surface area contributed by atoms with E-state index in [-0.39, 0.29) is 0 Å². The van der Waals surface area contributed by atoms with Gasteiger partial charge in [-0.05, 0) is 36.5 Å². The molecule has 3 fully saturated rings. The van der Waals surface area contributed by atoms with E-state index in [0.29, 0.717) is 0 Å². The summed E-state index contributed by atoms with van der Waals surface area (Å²) < 4.78 is 0. The summed E-state index contributed by atoms with van der Waals surface area (Å²) in [6.07, 6.45) is 7.90. The van der Waals surface area contributed by atoms with Crippen molar-refractivity contribution in [1.82, 2.24) is 0 Å². The minimum Gasteiger partial charge on any atom is -0.0530 e. The molecule has 0 heteroatoms. The first kappa shape index (κ1) is 3.92. The first-order valence-corrected chi connectivity index (χ1v) is 3.93. The Morgan fingerprint density at radius 2 is 2.12 bits per heavy atom. The highest BCUT2D eigenvalue weighted by Gasteiger charge is 2.77. The summed E-state index contributed by atoms with van der Waals surface area (Å²) in [5, 5.41) is 0. The molecule has 8 heavy (non-hydrogen) atoms. The van der Waals surface area contributed by atoms with Gasteiger partial charge in [0.25, 0.3) is 0 Å². The van der Waals surface area contributed by atoms with Crippen LogP contribution < -0.4 is 0 Å². The number of hydrogen-bond acceptors (Lipinski definition) is 0. The van der Waals surface area contributed by atoms with Crippen LogP contribution in [0.1, 0.15) is 32.1 Å². The summed E-state index contributed by atoms with van der Waals surface area (Å²) in [4.78, 5) is 0. The highest BCUT2D eigenvalue weighted by atomic mass is 14.8. The van der Waals surface area contributed by atoms with Crippen LogP contribution >= 0.6 is 0 Å². The van der Waals surface area contributed by atoms with E-state index in [9.17, 15) is 0 Å². The minimum atomic E-state index is 1.01. The fourth-order valence-electron chi connectivity index (χ4n) is 2.93. The molecule has 3 aliphatic carbocycles. The van der Waals surface area contributed by atoms with Gasteiger partial charge in [0.15, 0.2) is 0 Å². The molecule has 0 saturated heterocycles. The highest BCUT2D eigenvalue weighted by molar-refractivity contribution is 5.25. The molecule has 0 nitrogen and oxygen atoms in total. The number of fused-ring (bicyclic) bond motifs is 1. The molecule has 0 aromatic heterocycles. The second-order valence-corrected chi connectivity index (χ2v) is 3.90. The van der Waals surface area contributed by atoms with Gasteiger partial charge in [-0.2, -0.15) is 0 Å². The van der Waals surface area contributed by atoms with Crippen molar-refractivity contribution in [3.05, 3.63) is 0 Å². The molecule has 0 heterocycles. The summed E-state index contributed by atoms with van der Waals surface area (Å²) in [7, 11) is 0. The third-order valence-electron chi connectivity index (χ3n) is 3.70. The largest absolute Gasteiger partial charge is 0.0530 e. The van der Waals surface area contributed by atoms with E-state index >= 15 is 0 Å². The Kier molecular flexibility index (Phi) is 0.427. The molecule has 3 atom stereocenters. The predicted molar refractivity (Wildman–Crippen MR) is 32.5 cm³/mol. The molecule has 3 rings (SSSR count). The maximum absolute atomic E-state index is 1.62. The second kappa shape index (κ2) is 0.872. The lowest BCUT2D eigenvalue weighted by Crippen LogP contribution is -2.04. The Balaban J connectivity index is 1.90. The maximum Gasteiger partial charge on any atom is -0.0232 e. The zero-order chi connectivity index (χ0) is 5.19. The third kappa shape index (κ3) is 0.240. The molecule has 2 unspecified atom stereocenters. The van der Waals surface area contributed by atoms with Crippen molar-refractivity contribution in [2.45, 2.75) is 32.1 Å². The fourth-order valence-corrected chi connectivity index (χ4v) is 2.93. The van der Waals surface area contributed by atoms with E-state index in [1.807, 2.05) is 0 Å². The molecular weight excluding hydrogens is 96.1 g/mol. The first-order valence-electron chi connectivity index (χ1n) is 3.93. The Hall–Kier alpha value is 0. The average molecular weight is 108 g/mol. The van der Waals surface area contributed by atoms with Gasteiger partial charge in [0, 0.05) is 0 Å². The van der Waals surface area contributed by atoms with E-state index < -0.39 is 0 Å². The standard InChI is InChI=1S/C8H12/c1-2-4-8-5-7(8)6(8)3-1/h6-7H,1-5H2/t6?,7?,8-/m1/s1. The average Bonchev–Trinajstić information content (AvgIpc) is 2.52. The van der Waals surface area contributed by atoms with Gasteiger partial charge in [-0.1, -0.05) is 12.8 Å². The summed E-state index contributed by atoms with van der Waals surface area (Å²) in [6, 6.07) is 0. The van der Waals surface area contributed by atoms with Crippen LogP contribution in [0.15, 0.2) is 0 Å². The van der Waals surface area contributed by atoms with Crippen molar-refractivity contribution in [2.24, 2.45) is 17.3 Å². The summed E-state index contributed by atoms with van der Waals surface area (Å²) in [5.74, 6) is 2.50. The molecule has 0 aromatic carbocycles. The van der Waals surface area contributed by atoms with Crippen molar-refractivity contribution in [3.63, 3.8) is 0 Å². The van der Waals surface area contributed by atoms with Crippen molar-refractivity contribution in [2.75, 3.05) is 0 Å². The Morgan fingerprint density at radius 3 is 2.62 bits per heavy atom. The molecule has 1 spiro atoms. The molecule has 44 valence electrons. The van der Waals surface area contributed by atoms with Crippen LogP contribution in [0.2, 0.25) is 0 Å². The molecule has 3 saturated carbocycles.